The quantitative estimate of drug-likeness (QED) is 0.507. The minimum absolute atomic E-state index is 0.0697. The summed E-state index contributed by atoms with van der Waals surface area (Å²) in [5.74, 6) is -0.231. The van der Waals surface area contributed by atoms with Crippen LogP contribution in [0, 0.1) is 0 Å². The number of hydrogen-bond donors (Lipinski definition) is 0. The lowest BCUT2D eigenvalue weighted by atomic mass is 9.97. The van der Waals surface area contributed by atoms with Gasteiger partial charge in [-0.25, -0.2) is 0 Å². The molecule has 98 valence electrons. The Balaban J connectivity index is 4.03. The van der Waals surface area contributed by atoms with Gasteiger partial charge in [-0.05, 0) is 33.3 Å². The molecule has 0 rings (SSSR count). The molecule has 0 saturated carbocycles. The highest BCUT2D eigenvalue weighted by atomic mass is 16.5. The number of Topliss-reactive ketones (excluding diaryl/α,β-unsaturated/α-hetero) is 1. The zero-order chi connectivity index (χ0) is 13.5. The van der Waals surface area contributed by atoms with Gasteiger partial charge in [0.2, 0.25) is 0 Å². The molecule has 0 N–H and O–H groups in total. The Kier molecular flexibility index (Phi) is 6.73. The van der Waals surface area contributed by atoms with Gasteiger partial charge in [0.15, 0.2) is 5.78 Å². The van der Waals surface area contributed by atoms with E-state index in [4.69, 9.17) is 9.47 Å². The van der Waals surface area contributed by atoms with Crippen molar-refractivity contribution in [2.24, 2.45) is 0 Å². The predicted octanol–water partition coefficient (Wildman–Crippen LogP) is 2.27. The second-order valence-corrected chi connectivity index (χ2v) is 4.49. The van der Waals surface area contributed by atoms with Crippen molar-refractivity contribution in [3.63, 3.8) is 0 Å². The second-order valence-electron chi connectivity index (χ2n) is 4.49. The molecule has 0 fully saturated rings. The molecule has 17 heavy (non-hydrogen) atoms. The molecule has 0 aliphatic heterocycles. The lowest BCUT2D eigenvalue weighted by Gasteiger charge is -2.21. The fraction of sp³-hybridized carbons (Fsp3) is 0.692. The zero-order valence-corrected chi connectivity index (χ0v) is 11.3. The number of hydrogen-bond acceptors (Lipinski definition) is 4. The third-order valence-corrected chi connectivity index (χ3v) is 2.65. The zero-order valence-electron chi connectivity index (χ0n) is 11.3. The molecule has 0 radical (unpaired) electrons. The van der Waals surface area contributed by atoms with Gasteiger partial charge in [0.1, 0.15) is 12.2 Å². The van der Waals surface area contributed by atoms with Crippen LogP contribution in [-0.4, -0.2) is 31.1 Å². The Morgan fingerprint density at radius 1 is 1.18 bits per heavy atom. The molecule has 0 aliphatic rings. The van der Waals surface area contributed by atoms with Crippen molar-refractivity contribution in [3.8, 4) is 0 Å². The smallest absolute Gasteiger partial charge is 0.302 e. The minimum Gasteiger partial charge on any atom is -0.462 e. The van der Waals surface area contributed by atoms with Crippen LogP contribution in [-0.2, 0) is 19.1 Å². The van der Waals surface area contributed by atoms with Gasteiger partial charge in [-0.2, -0.15) is 0 Å². The van der Waals surface area contributed by atoms with Crippen molar-refractivity contribution >= 4 is 11.8 Å². The Labute approximate surface area is 103 Å². The summed E-state index contributed by atoms with van der Waals surface area (Å²) < 4.78 is 9.89. The van der Waals surface area contributed by atoms with E-state index in [9.17, 15) is 9.59 Å². The highest BCUT2D eigenvalue weighted by molar-refractivity contribution is 5.86. The van der Waals surface area contributed by atoms with Gasteiger partial charge < -0.3 is 9.47 Å². The van der Waals surface area contributed by atoms with Crippen molar-refractivity contribution in [1.82, 2.24) is 0 Å². The Morgan fingerprint density at radius 2 is 1.76 bits per heavy atom. The minimum atomic E-state index is -0.726. The summed E-state index contributed by atoms with van der Waals surface area (Å²) in [6, 6.07) is 0. The maximum absolute atomic E-state index is 11.7. The average molecular weight is 242 g/mol. The number of ether oxygens (including phenoxy) is 2. The molecule has 4 nitrogen and oxygen atoms in total. The summed E-state index contributed by atoms with van der Waals surface area (Å²) in [4.78, 5) is 22.3. The van der Waals surface area contributed by atoms with Gasteiger partial charge in [0.05, 0.1) is 0 Å². The molecule has 0 aromatic heterocycles. The van der Waals surface area contributed by atoms with Gasteiger partial charge in [0, 0.05) is 20.5 Å². The maximum atomic E-state index is 11.7. The fourth-order valence-electron chi connectivity index (χ4n) is 1.13. The van der Waals surface area contributed by atoms with Crippen LogP contribution in [0.25, 0.3) is 0 Å². The molecule has 0 heterocycles. The predicted molar refractivity (Wildman–Crippen MR) is 65.7 cm³/mol. The van der Waals surface area contributed by atoms with Gasteiger partial charge in [-0.3, -0.25) is 9.59 Å². The molecule has 0 bridgehead atoms. The molecule has 0 aromatic rings. The van der Waals surface area contributed by atoms with Gasteiger partial charge in [-0.15, -0.1) is 0 Å². The first kappa shape index (κ1) is 15.8. The van der Waals surface area contributed by atoms with Crippen molar-refractivity contribution in [1.29, 1.82) is 0 Å². The van der Waals surface area contributed by atoms with Crippen LogP contribution in [0.5, 0.6) is 0 Å². The van der Waals surface area contributed by atoms with E-state index < -0.39 is 5.60 Å². The van der Waals surface area contributed by atoms with Crippen LogP contribution >= 0.6 is 0 Å². The van der Waals surface area contributed by atoms with E-state index in [1.807, 2.05) is 13.0 Å². The second kappa shape index (κ2) is 7.22. The SMILES string of the molecule is COC(C)(C)C(=O)CC/C(C)=C/COC(C)=O. The van der Waals surface area contributed by atoms with Crippen molar-refractivity contribution in [2.45, 2.75) is 46.1 Å². The van der Waals surface area contributed by atoms with Gasteiger partial charge in [-0.1, -0.05) is 5.57 Å². The van der Waals surface area contributed by atoms with E-state index in [0.717, 1.165) is 5.57 Å². The van der Waals surface area contributed by atoms with Crippen LogP contribution in [0.1, 0.15) is 40.5 Å². The summed E-state index contributed by atoms with van der Waals surface area (Å²) >= 11 is 0. The standard InChI is InChI=1S/C13H22O4/c1-10(8-9-17-11(2)14)6-7-12(15)13(3,4)16-5/h8H,6-7,9H2,1-5H3/b10-8+. The molecule has 0 aliphatic carbocycles. The van der Waals surface area contributed by atoms with Crippen LogP contribution in [0.2, 0.25) is 0 Å². The summed E-state index contributed by atoms with van der Waals surface area (Å²) in [5, 5.41) is 0. The Morgan fingerprint density at radius 3 is 2.24 bits per heavy atom. The molecule has 0 atom stereocenters. The van der Waals surface area contributed by atoms with Gasteiger partial charge >= 0.3 is 5.97 Å². The molecular weight excluding hydrogens is 220 g/mol. The summed E-state index contributed by atoms with van der Waals surface area (Å²) in [7, 11) is 1.53. The first-order chi connectivity index (χ1) is 7.79. The first-order valence-electron chi connectivity index (χ1n) is 5.67. The third kappa shape index (κ3) is 6.89. The lowest BCUT2D eigenvalue weighted by molar-refractivity contribution is -0.139. The number of carbonyl (C=O) groups excluding carboxylic acids is 2. The van der Waals surface area contributed by atoms with E-state index >= 15 is 0 Å². The molecule has 0 unspecified atom stereocenters. The normalized spacial score (nSPS) is 12.4. The maximum Gasteiger partial charge on any atom is 0.302 e. The number of methoxy groups -OCH3 is 1. The summed E-state index contributed by atoms with van der Waals surface area (Å²) in [5.41, 5.74) is 0.308. The van der Waals surface area contributed by atoms with Crippen LogP contribution in [0.3, 0.4) is 0 Å². The number of rotatable bonds is 7. The summed E-state index contributed by atoms with van der Waals surface area (Å²) in [6.07, 6.45) is 2.91. The highest BCUT2D eigenvalue weighted by Crippen LogP contribution is 2.15. The molecule has 0 amide bonds. The fourth-order valence-corrected chi connectivity index (χ4v) is 1.13. The van der Waals surface area contributed by atoms with Crippen molar-refractivity contribution in [2.75, 3.05) is 13.7 Å². The molecule has 4 heteroatoms. The van der Waals surface area contributed by atoms with E-state index in [2.05, 4.69) is 0 Å². The topological polar surface area (TPSA) is 52.6 Å². The lowest BCUT2D eigenvalue weighted by Crippen LogP contribution is -2.33. The average Bonchev–Trinajstić information content (AvgIpc) is 2.25. The molecular formula is C13H22O4. The molecule has 0 spiro atoms. The Hall–Kier alpha value is -1.16. The summed E-state index contributed by atoms with van der Waals surface area (Å²) in [6.45, 7) is 7.06. The van der Waals surface area contributed by atoms with Crippen LogP contribution in [0.4, 0.5) is 0 Å². The number of ketones is 1. The first-order valence-corrected chi connectivity index (χ1v) is 5.67. The largest absolute Gasteiger partial charge is 0.462 e. The molecule has 0 aromatic carbocycles. The monoisotopic (exact) mass is 242 g/mol. The Bertz CT molecular complexity index is 303. The number of esters is 1. The van der Waals surface area contributed by atoms with Crippen molar-refractivity contribution in [3.05, 3.63) is 11.6 Å². The van der Waals surface area contributed by atoms with E-state index in [1.54, 1.807) is 13.8 Å². The van der Waals surface area contributed by atoms with Crippen LogP contribution < -0.4 is 0 Å². The van der Waals surface area contributed by atoms with E-state index in [-0.39, 0.29) is 18.4 Å². The highest BCUT2D eigenvalue weighted by Gasteiger charge is 2.25. The van der Waals surface area contributed by atoms with Crippen molar-refractivity contribution < 1.29 is 19.1 Å². The number of allylic oxidation sites excluding steroid dienone is 1. The molecule has 0 saturated heterocycles. The van der Waals surface area contributed by atoms with Crippen LogP contribution in [0.15, 0.2) is 11.6 Å². The van der Waals surface area contributed by atoms with Gasteiger partial charge in [0.25, 0.3) is 0 Å². The third-order valence-electron chi connectivity index (χ3n) is 2.65. The number of carbonyl (C=O) groups is 2. The van der Waals surface area contributed by atoms with E-state index in [1.165, 1.54) is 14.0 Å². The van der Waals surface area contributed by atoms with E-state index in [0.29, 0.717) is 12.8 Å².